The molecule has 0 aliphatic carbocycles. The molecule has 2 rings (SSSR count). The average molecular weight is 358 g/mol. The first-order valence-corrected chi connectivity index (χ1v) is 9.03. The van der Waals surface area contributed by atoms with Crippen LogP contribution in [0, 0.1) is 12.8 Å². The minimum Gasteiger partial charge on any atom is -0.345 e. The summed E-state index contributed by atoms with van der Waals surface area (Å²) < 4.78 is 0.712. The fraction of sp³-hybridized carbons (Fsp3) is 0.467. The van der Waals surface area contributed by atoms with Gasteiger partial charge < -0.3 is 11.1 Å². The number of thiazole rings is 1. The van der Waals surface area contributed by atoms with Crippen LogP contribution in [0.15, 0.2) is 12.1 Å². The van der Waals surface area contributed by atoms with E-state index in [1.54, 1.807) is 0 Å². The van der Waals surface area contributed by atoms with E-state index in [9.17, 15) is 4.79 Å². The van der Waals surface area contributed by atoms with Gasteiger partial charge in [-0.3, -0.25) is 4.79 Å². The Morgan fingerprint density at radius 2 is 2.14 bits per heavy atom. The van der Waals surface area contributed by atoms with Crippen molar-refractivity contribution in [2.75, 3.05) is 6.54 Å². The van der Waals surface area contributed by atoms with Gasteiger partial charge in [0.1, 0.15) is 9.88 Å². The van der Waals surface area contributed by atoms with Crippen molar-refractivity contribution in [3.05, 3.63) is 27.0 Å². The maximum atomic E-state index is 12.6. The van der Waals surface area contributed by atoms with Crippen LogP contribution in [0.4, 0.5) is 0 Å². The Labute approximate surface area is 143 Å². The molecule has 4 nitrogen and oxygen atoms in total. The van der Waals surface area contributed by atoms with Gasteiger partial charge in [-0.05, 0) is 31.9 Å². The fourth-order valence-electron chi connectivity index (χ4n) is 1.89. The number of nitrogens with one attached hydrogen (secondary N) is 1. The zero-order chi connectivity index (χ0) is 16.5. The molecule has 22 heavy (non-hydrogen) atoms. The molecular weight excluding hydrogens is 338 g/mol. The number of halogens is 1. The van der Waals surface area contributed by atoms with Crippen LogP contribution in [-0.2, 0) is 0 Å². The standard InChI is InChI=1S/C15H20ClN3OS2/c1-8(2)15(4,7-17)19-13(20)12-9(3)18-14(22-12)10-5-6-11(16)21-10/h5-6,8H,7,17H2,1-4H3,(H,19,20). The molecule has 0 bridgehead atoms. The molecule has 0 saturated carbocycles. The molecule has 1 amide bonds. The Balaban J connectivity index is 2.26. The van der Waals surface area contributed by atoms with Gasteiger partial charge in [-0.25, -0.2) is 4.98 Å². The molecule has 0 radical (unpaired) electrons. The molecule has 120 valence electrons. The molecule has 3 N–H and O–H groups in total. The van der Waals surface area contributed by atoms with E-state index in [0.29, 0.717) is 15.8 Å². The molecule has 2 heterocycles. The number of hydrogen-bond acceptors (Lipinski definition) is 5. The molecule has 1 atom stereocenters. The highest BCUT2D eigenvalue weighted by Gasteiger charge is 2.30. The van der Waals surface area contributed by atoms with Gasteiger partial charge in [0.2, 0.25) is 0 Å². The van der Waals surface area contributed by atoms with Gasteiger partial charge in [0.15, 0.2) is 0 Å². The summed E-state index contributed by atoms with van der Waals surface area (Å²) in [5, 5.41) is 3.87. The molecule has 2 aromatic heterocycles. The summed E-state index contributed by atoms with van der Waals surface area (Å²) >= 11 is 8.81. The van der Waals surface area contributed by atoms with Crippen LogP contribution < -0.4 is 11.1 Å². The number of aryl methyl sites for hydroxylation is 1. The van der Waals surface area contributed by atoms with Gasteiger partial charge >= 0.3 is 0 Å². The Morgan fingerprint density at radius 3 is 2.64 bits per heavy atom. The molecule has 1 unspecified atom stereocenters. The van der Waals surface area contributed by atoms with Gasteiger partial charge in [-0.1, -0.05) is 25.4 Å². The maximum Gasteiger partial charge on any atom is 0.263 e. The molecule has 0 fully saturated rings. The van der Waals surface area contributed by atoms with E-state index in [1.807, 2.05) is 39.8 Å². The molecule has 0 aliphatic heterocycles. The zero-order valence-electron chi connectivity index (χ0n) is 13.1. The molecule has 0 saturated heterocycles. The number of thiophene rings is 1. The largest absolute Gasteiger partial charge is 0.345 e. The van der Waals surface area contributed by atoms with Crippen LogP contribution in [0.3, 0.4) is 0 Å². The van der Waals surface area contributed by atoms with Gasteiger partial charge in [0, 0.05) is 6.54 Å². The quantitative estimate of drug-likeness (QED) is 0.851. The number of rotatable bonds is 5. The summed E-state index contributed by atoms with van der Waals surface area (Å²) in [6, 6.07) is 3.76. The van der Waals surface area contributed by atoms with Crippen molar-refractivity contribution in [2.45, 2.75) is 33.2 Å². The van der Waals surface area contributed by atoms with Crippen LogP contribution in [0.25, 0.3) is 9.88 Å². The van der Waals surface area contributed by atoms with E-state index < -0.39 is 5.54 Å². The highest BCUT2D eigenvalue weighted by atomic mass is 35.5. The van der Waals surface area contributed by atoms with Crippen molar-refractivity contribution in [3.63, 3.8) is 0 Å². The second-order valence-corrected chi connectivity index (χ2v) is 8.48. The molecule has 0 spiro atoms. The third-order valence-electron chi connectivity index (χ3n) is 3.88. The smallest absolute Gasteiger partial charge is 0.263 e. The zero-order valence-corrected chi connectivity index (χ0v) is 15.5. The lowest BCUT2D eigenvalue weighted by Gasteiger charge is -2.33. The number of nitrogens with two attached hydrogens (primary N) is 1. The second-order valence-electron chi connectivity index (χ2n) is 5.77. The van der Waals surface area contributed by atoms with E-state index in [0.717, 1.165) is 15.6 Å². The number of carbonyl (C=O) groups is 1. The van der Waals surface area contributed by atoms with E-state index in [4.69, 9.17) is 17.3 Å². The Hall–Kier alpha value is -0.950. The summed E-state index contributed by atoms with van der Waals surface area (Å²) in [5.74, 6) is 0.121. The summed E-state index contributed by atoms with van der Waals surface area (Å²) in [5.41, 5.74) is 6.13. The van der Waals surface area contributed by atoms with E-state index >= 15 is 0 Å². The molecular formula is C15H20ClN3OS2. The Kier molecular flexibility index (Phi) is 5.27. The first-order chi connectivity index (χ1) is 10.3. The van der Waals surface area contributed by atoms with Crippen LogP contribution >= 0.6 is 34.3 Å². The number of hydrogen-bond donors (Lipinski definition) is 2. The summed E-state index contributed by atoms with van der Waals surface area (Å²) in [6.45, 7) is 8.30. The summed E-state index contributed by atoms with van der Waals surface area (Å²) in [7, 11) is 0. The Morgan fingerprint density at radius 1 is 1.45 bits per heavy atom. The molecule has 0 aromatic carbocycles. The average Bonchev–Trinajstić information content (AvgIpc) is 3.04. The lowest BCUT2D eigenvalue weighted by molar-refractivity contribution is 0.0886. The van der Waals surface area contributed by atoms with Crippen LogP contribution in [-0.4, -0.2) is 23.0 Å². The lowest BCUT2D eigenvalue weighted by Crippen LogP contribution is -2.54. The van der Waals surface area contributed by atoms with Crippen molar-refractivity contribution in [3.8, 4) is 9.88 Å². The number of nitrogens with zero attached hydrogens (tertiary/aromatic N) is 1. The van der Waals surface area contributed by atoms with Gasteiger partial charge in [-0.2, -0.15) is 0 Å². The number of aromatic nitrogens is 1. The SMILES string of the molecule is Cc1nc(-c2ccc(Cl)s2)sc1C(=O)NC(C)(CN)C(C)C. The van der Waals surface area contributed by atoms with Crippen LogP contribution in [0.5, 0.6) is 0 Å². The van der Waals surface area contributed by atoms with Crippen molar-refractivity contribution in [1.82, 2.24) is 10.3 Å². The summed E-state index contributed by atoms with van der Waals surface area (Å²) in [4.78, 5) is 18.7. The minimum atomic E-state index is -0.431. The highest BCUT2D eigenvalue weighted by molar-refractivity contribution is 7.24. The topological polar surface area (TPSA) is 68.0 Å². The normalized spacial score (nSPS) is 14.1. The first-order valence-electron chi connectivity index (χ1n) is 7.02. The van der Waals surface area contributed by atoms with E-state index in [-0.39, 0.29) is 11.8 Å². The van der Waals surface area contributed by atoms with Gasteiger partial charge in [0.25, 0.3) is 5.91 Å². The van der Waals surface area contributed by atoms with E-state index in [1.165, 1.54) is 22.7 Å². The summed E-state index contributed by atoms with van der Waals surface area (Å²) in [6.07, 6.45) is 0. The molecule has 7 heteroatoms. The predicted octanol–water partition coefficient (Wildman–Crippen LogP) is 3.94. The van der Waals surface area contributed by atoms with E-state index in [2.05, 4.69) is 10.3 Å². The van der Waals surface area contributed by atoms with Crippen molar-refractivity contribution < 1.29 is 4.79 Å². The number of carbonyl (C=O) groups excluding carboxylic acids is 1. The third kappa shape index (κ3) is 3.51. The van der Waals surface area contributed by atoms with Crippen LogP contribution in [0.1, 0.15) is 36.1 Å². The number of amides is 1. The van der Waals surface area contributed by atoms with Gasteiger partial charge in [0.05, 0.1) is 20.4 Å². The molecule has 2 aromatic rings. The lowest BCUT2D eigenvalue weighted by atomic mass is 9.88. The molecule has 0 aliphatic rings. The van der Waals surface area contributed by atoms with Crippen molar-refractivity contribution >= 4 is 40.2 Å². The third-order valence-corrected chi connectivity index (χ3v) is 6.44. The fourth-order valence-corrected chi connectivity index (χ4v) is 3.95. The second kappa shape index (κ2) is 6.66. The Bertz CT molecular complexity index is 680. The van der Waals surface area contributed by atoms with Crippen molar-refractivity contribution in [1.29, 1.82) is 0 Å². The predicted molar refractivity (Wildman–Crippen MR) is 94.9 cm³/mol. The van der Waals surface area contributed by atoms with Crippen molar-refractivity contribution in [2.24, 2.45) is 11.7 Å². The van der Waals surface area contributed by atoms with Gasteiger partial charge in [-0.15, -0.1) is 22.7 Å². The highest BCUT2D eigenvalue weighted by Crippen LogP contribution is 2.35. The maximum absolute atomic E-state index is 12.6. The minimum absolute atomic E-state index is 0.120. The van der Waals surface area contributed by atoms with Crippen LogP contribution in [0.2, 0.25) is 4.34 Å². The first kappa shape index (κ1) is 17.4. The monoisotopic (exact) mass is 357 g/mol.